The standard InChI is InChI=1S/C8H16N2O3/c1-8(13,7(11)12)5-10(2)6-3-9-4-6/h6,9,13H,3-5H2,1-2H3,(H,11,12). The van der Waals surface area contributed by atoms with Crippen LogP contribution in [0.3, 0.4) is 0 Å². The molecular formula is C8H16N2O3. The van der Waals surface area contributed by atoms with Crippen molar-refractivity contribution in [2.45, 2.75) is 18.6 Å². The molecule has 13 heavy (non-hydrogen) atoms. The van der Waals surface area contributed by atoms with E-state index >= 15 is 0 Å². The zero-order valence-corrected chi connectivity index (χ0v) is 7.95. The van der Waals surface area contributed by atoms with Crippen LogP contribution in [0.5, 0.6) is 0 Å². The van der Waals surface area contributed by atoms with Crippen molar-refractivity contribution < 1.29 is 15.0 Å². The van der Waals surface area contributed by atoms with E-state index in [9.17, 15) is 9.90 Å². The molecule has 1 aliphatic rings. The van der Waals surface area contributed by atoms with Gasteiger partial charge in [0.1, 0.15) is 0 Å². The Morgan fingerprint density at radius 3 is 2.54 bits per heavy atom. The van der Waals surface area contributed by atoms with Crippen molar-refractivity contribution in [1.29, 1.82) is 0 Å². The molecule has 0 aromatic heterocycles. The van der Waals surface area contributed by atoms with Gasteiger partial charge in [0.15, 0.2) is 5.60 Å². The second-order valence-electron chi connectivity index (χ2n) is 3.81. The van der Waals surface area contributed by atoms with Crippen molar-refractivity contribution in [1.82, 2.24) is 10.2 Å². The fourth-order valence-corrected chi connectivity index (χ4v) is 1.27. The van der Waals surface area contributed by atoms with Crippen molar-refractivity contribution in [2.75, 3.05) is 26.7 Å². The maximum atomic E-state index is 10.6. The van der Waals surface area contributed by atoms with Crippen LogP contribution in [0.15, 0.2) is 0 Å². The van der Waals surface area contributed by atoms with Crippen LogP contribution in [0.2, 0.25) is 0 Å². The summed E-state index contributed by atoms with van der Waals surface area (Å²) in [6.07, 6.45) is 0. The molecule has 0 amide bonds. The molecule has 1 unspecified atom stereocenters. The van der Waals surface area contributed by atoms with Gasteiger partial charge in [0.25, 0.3) is 0 Å². The largest absolute Gasteiger partial charge is 0.479 e. The highest BCUT2D eigenvalue weighted by molar-refractivity contribution is 5.76. The van der Waals surface area contributed by atoms with Gasteiger partial charge >= 0.3 is 5.97 Å². The van der Waals surface area contributed by atoms with Gasteiger partial charge in [-0.3, -0.25) is 4.90 Å². The summed E-state index contributed by atoms with van der Waals surface area (Å²) >= 11 is 0. The maximum absolute atomic E-state index is 10.6. The molecule has 0 aromatic carbocycles. The van der Waals surface area contributed by atoms with Crippen LogP contribution in [-0.4, -0.2) is 59.4 Å². The third-order valence-corrected chi connectivity index (χ3v) is 2.40. The summed E-state index contributed by atoms with van der Waals surface area (Å²) in [5, 5.41) is 21.2. The topological polar surface area (TPSA) is 72.8 Å². The Morgan fingerprint density at radius 2 is 2.23 bits per heavy atom. The van der Waals surface area contributed by atoms with E-state index in [1.54, 1.807) is 0 Å². The molecule has 0 saturated carbocycles. The minimum atomic E-state index is -1.65. The summed E-state index contributed by atoms with van der Waals surface area (Å²) in [6.45, 7) is 3.21. The lowest BCUT2D eigenvalue weighted by atomic mass is 10.0. The fraction of sp³-hybridized carbons (Fsp3) is 0.875. The molecule has 3 N–H and O–H groups in total. The zero-order valence-electron chi connectivity index (χ0n) is 7.95. The predicted molar refractivity (Wildman–Crippen MR) is 47.5 cm³/mol. The van der Waals surface area contributed by atoms with Crippen LogP contribution in [0.25, 0.3) is 0 Å². The monoisotopic (exact) mass is 188 g/mol. The van der Waals surface area contributed by atoms with Crippen LogP contribution in [0, 0.1) is 0 Å². The van der Waals surface area contributed by atoms with E-state index < -0.39 is 11.6 Å². The lowest BCUT2D eigenvalue weighted by Gasteiger charge is -2.38. The van der Waals surface area contributed by atoms with Crippen molar-refractivity contribution in [3.05, 3.63) is 0 Å². The summed E-state index contributed by atoms with van der Waals surface area (Å²) < 4.78 is 0. The first-order valence-corrected chi connectivity index (χ1v) is 4.30. The van der Waals surface area contributed by atoms with Crippen molar-refractivity contribution in [3.63, 3.8) is 0 Å². The average Bonchev–Trinajstić information content (AvgIpc) is 1.80. The van der Waals surface area contributed by atoms with Crippen LogP contribution < -0.4 is 5.32 Å². The van der Waals surface area contributed by atoms with Crippen LogP contribution >= 0.6 is 0 Å². The molecule has 1 aliphatic heterocycles. The second kappa shape index (κ2) is 3.61. The Kier molecular flexibility index (Phi) is 2.90. The number of hydrogen-bond acceptors (Lipinski definition) is 4. The van der Waals surface area contributed by atoms with Crippen LogP contribution in [-0.2, 0) is 4.79 Å². The van der Waals surface area contributed by atoms with Gasteiger partial charge < -0.3 is 15.5 Å². The lowest BCUT2D eigenvalue weighted by molar-refractivity contribution is -0.158. The van der Waals surface area contributed by atoms with E-state index in [2.05, 4.69) is 5.32 Å². The third-order valence-electron chi connectivity index (χ3n) is 2.40. The second-order valence-corrected chi connectivity index (χ2v) is 3.81. The molecule has 1 atom stereocenters. The molecule has 1 fully saturated rings. The molecule has 5 heteroatoms. The number of aliphatic carboxylic acids is 1. The van der Waals surface area contributed by atoms with E-state index in [4.69, 9.17) is 5.11 Å². The predicted octanol–water partition coefficient (Wildman–Crippen LogP) is -1.27. The molecule has 0 aromatic rings. The summed E-state index contributed by atoms with van der Waals surface area (Å²) in [5.41, 5.74) is -1.65. The number of carbonyl (C=O) groups is 1. The lowest BCUT2D eigenvalue weighted by Crippen LogP contribution is -2.59. The van der Waals surface area contributed by atoms with E-state index in [0.717, 1.165) is 13.1 Å². The summed E-state index contributed by atoms with van der Waals surface area (Å²) in [5.74, 6) is -1.17. The summed E-state index contributed by atoms with van der Waals surface area (Å²) in [4.78, 5) is 12.5. The van der Waals surface area contributed by atoms with E-state index in [1.807, 2.05) is 11.9 Å². The number of carboxylic acids is 1. The molecule has 1 heterocycles. The summed E-state index contributed by atoms with van der Waals surface area (Å²) in [6, 6.07) is 0.353. The van der Waals surface area contributed by atoms with Gasteiger partial charge in [-0.05, 0) is 14.0 Å². The van der Waals surface area contributed by atoms with Crippen LogP contribution in [0.1, 0.15) is 6.92 Å². The van der Waals surface area contributed by atoms with Crippen molar-refractivity contribution in [3.8, 4) is 0 Å². The highest BCUT2D eigenvalue weighted by atomic mass is 16.4. The average molecular weight is 188 g/mol. The smallest absolute Gasteiger partial charge is 0.336 e. The van der Waals surface area contributed by atoms with Gasteiger partial charge in [0.05, 0.1) is 0 Å². The Bertz CT molecular complexity index is 202. The summed E-state index contributed by atoms with van der Waals surface area (Å²) in [7, 11) is 1.82. The van der Waals surface area contributed by atoms with Gasteiger partial charge in [-0.25, -0.2) is 4.79 Å². The molecule has 0 aliphatic carbocycles. The normalized spacial score (nSPS) is 22.5. The number of carboxylic acid groups (broad SMARTS) is 1. The first-order chi connectivity index (χ1) is 5.93. The molecule has 1 saturated heterocycles. The van der Waals surface area contributed by atoms with E-state index in [-0.39, 0.29) is 6.54 Å². The minimum absolute atomic E-state index is 0.161. The Morgan fingerprint density at radius 1 is 1.69 bits per heavy atom. The molecule has 5 nitrogen and oxygen atoms in total. The highest BCUT2D eigenvalue weighted by Crippen LogP contribution is 2.10. The number of nitrogens with one attached hydrogen (secondary N) is 1. The molecule has 76 valence electrons. The first kappa shape index (κ1) is 10.4. The van der Waals surface area contributed by atoms with Gasteiger partial charge in [0, 0.05) is 25.7 Å². The first-order valence-electron chi connectivity index (χ1n) is 4.30. The molecule has 0 spiro atoms. The van der Waals surface area contributed by atoms with Gasteiger partial charge in [-0.1, -0.05) is 0 Å². The number of aliphatic hydroxyl groups is 1. The molecule has 0 radical (unpaired) electrons. The van der Waals surface area contributed by atoms with Gasteiger partial charge in [-0.15, -0.1) is 0 Å². The van der Waals surface area contributed by atoms with Gasteiger partial charge in [0.2, 0.25) is 0 Å². The minimum Gasteiger partial charge on any atom is -0.479 e. The maximum Gasteiger partial charge on any atom is 0.336 e. The molecular weight excluding hydrogens is 172 g/mol. The van der Waals surface area contributed by atoms with Crippen LogP contribution in [0.4, 0.5) is 0 Å². The Labute approximate surface area is 77.3 Å². The quantitative estimate of drug-likeness (QED) is 0.513. The van der Waals surface area contributed by atoms with Gasteiger partial charge in [-0.2, -0.15) is 0 Å². The van der Waals surface area contributed by atoms with Crippen molar-refractivity contribution in [2.24, 2.45) is 0 Å². The Hall–Kier alpha value is -0.650. The molecule has 0 bridgehead atoms. The fourth-order valence-electron chi connectivity index (χ4n) is 1.27. The third kappa shape index (κ3) is 2.40. The highest BCUT2D eigenvalue weighted by Gasteiger charge is 2.34. The van der Waals surface area contributed by atoms with E-state index in [0.29, 0.717) is 6.04 Å². The molecule has 1 rings (SSSR count). The number of nitrogens with zero attached hydrogens (tertiary/aromatic N) is 1. The SMILES string of the molecule is CN(CC(C)(O)C(=O)O)C1CNC1. The number of hydrogen-bond donors (Lipinski definition) is 3. The van der Waals surface area contributed by atoms with E-state index in [1.165, 1.54) is 6.92 Å². The van der Waals surface area contributed by atoms with Crippen molar-refractivity contribution >= 4 is 5.97 Å². The number of rotatable bonds is 4. The zero-order chi connectivity index (χ0) is 10.1. The Balaban J connectivity index is 2.41. The number of likely N-dealkylation sites (N-methyl/N-ethyl adjacent to an activating group) is 1.